The van der Waals surface area contributed by atoms with Crippen LogP contribution in [0, 0.1) is 0 Å². The molecule has 7 nitrogen and oxygen atoms in total. The highest BCUT2D eigenvalue weighted by atomic mass is 16.5. The standard InChI is InChI=1S/C24H23N5O2/c1-15-6-5-9-29(15)24(30)18-10-16(12-25-13-18)17-11-20-22(27-28-23(20)26-14-17)19-7-3-4-8-21(19)31-2/h3-4,7-8,10-15H,5-6,9H2,1-2H3,(H,26,27,28). The Balaban J connectivity index is 1.55. The van der Waals surface area contributed by atoms with Crippen LogP contribution in [0.15, 0.2) is 55.0 Å². The van der Waals surface area contributed by atoms with E-state index in [0.717, 1.165) is 52.9 Å². The molecule has 1 fully saturated rings. The van der Waals surface area contributed by atoms with Crippen molar-refractivity contribution in [3.8, 4) is 28.1 Å². The molecule has 0 radical (unpaired) electrons. The van der Waals surface area contributed by atoms with Crippen molar-refractivity contribution in [3.05, 3.63) is 60.6 Å². The second-order valence-corrected chi connectivity index (χ2v) is 7.85. The number of nitrogens with one attached hydrogen (secondary N) is 1. The number of rotatable bonds is 4. The molecule has 5 rings (SSSR count). The molecule has 4 heterocycles. The van der Waals surface area contributed by atoms with Crippen molar-refractivity contribution in [1.29, 1.82) is 0 Å². The van der Waals surface area contributed by atoms with Gasteiger partial charge in [-0.3, -0.25) is 14.9 Å². The molecule has 0 aliphatic carbocycles. The van der Waals surface area contributed by atoms with Crippen LogP contribution >= 0.6 is 0 Å². The second kappa shape index (κ2) is 7.83. The number of hydrogen-bond donors (Lipinski definition) is 1. The van der Waals surface area contributed by atoms with Crippen molar-refractivity contribution in [1.82, 2.24) is 25.1 Å². The summed E-state index contributed by atoms with van der Waals surface area (Å²) in [5, 5.41) is 8.31. The molecule has 4 aromatic rings. The Morgan fingerprint density at radius 2 is 2.00 bits per heavy atom. The number of carbonyl (C=O) groups excluding carboxylic acids is 1. The van der Waals surface area contributed by atoms with Crippen LogP contribution in [0.1, 0.15) is 30.1 Å². The lowest BCUT2D eigenvalue weighted by Crippen LogP contribution is -2.33. The van der Waals surface area contributed by atoms with Gasteiger partial charge in [0.25, 0.3) is 5.91 Å². The summed E-state index contributed by atoms with van der Waals surface area (Å²) in [6.45, 7) is 2.90. The predicted molar refractivity (Wildman–Crippen MR) is 119 cm³/mol. The fourth-order valence-electron chi connectivity index (χ4n) is 4.23. The van der Waals surface area contributed by atoms with Gasteiger partial charge in [-0.05, 0) is 44.0 Å². The number of aromatic amines is 1. The van der Waals surface area contributed by atoms with Crippen LogP contribution in [-0.4, -0.2) is 50.7 Å². The first kappa shape index (κ1) is 19.2. The van der Waals surface area contributed by atoms with Gasteiger partial charge in [0.2, 0.25) is 0 Å². The molecule has 1 atom stereocenters. The van der Waals surface area contributed by atoms with E-state index in [4.69, 9.17) is 4.74 Å². The third-order valence-electron chi connectivity index (χ3n) is 5.92. The lowest BCUT2D eigenvalue weighted by Gasteiger charge is -2.21. The molecule has 0 spiro atoms. The van der Waals surface area contributed by atoms with Gasteiger partial charge >= 0.3 is 0 Å². The van der Waals surface area contributed by atoms with Gasteiger partial charge in [0, 0.05) is 53.3 Å². The van der Waals surface area contributed by atoms with Gasteiger partial charge in [-0.25, -0.2) is 4.98 Å². The van der Waals surface area contributed by atoms with Gasteiger partial charge in [0.1, 0.15) is 5.75 Å². The summed E-state index contributed by atoms with van der Waals surface area (Å²) < 4.78 is 5.51. The zero-order valence-corrected chi connectivity index (χ0v) is 17.5. The molecule has 1 N–H and O–H groups in total. The Hall–Kier alpha value is -3.74. The Kier molecular flexibility index (Phi) is 4.86. The van der Waals surface area contributed by atoms with E-state index < -0.39 is 0 Å². The minimum atomic E-state index is 0.0337. The van der Waals surface area contributed by atoms with E-state index in [0.29, 0.717) is 11.2 Å². The number of pyridine rings is 2. The molecule has 0 saturated carbocycles. The van der Waals surface area contributed by atoms with Crippen LogP contribution in [0.2, 0.25) is 0 Å². The number of nitrogens with zero attached hydrogens (tertiary/aromatic N) is 4. The quantitative estimate of drug-likeness (QED) is 0.539. The van der Waals surface area contributed by atoms with E-state index in [2.05, 4.69) is 27.1 Å². The Bertz CT molecular complexity index is 1270. The molecule has 1 unspecified atom stereocenters. The molecule has 156 valence electrons. The topological polar surface area (TPSA) is 84.0 Å². The number of methoxy groups -OCH3 is 1. The number of fused-ring (bicyclic) bond motifs is 1. The Labute approximate surface area is 180 Å². The fourth-order valence-corrected chi connectivity index (χ4v) is 4.23. The Morgan fingerprint density at radius 3 is 2.81 bits per heavy atom. The van der Waals surface area contributed by atoms with Gasteiger partial charge in [0.15, 0.2) is 5.65 Å². The number of H-pyrrole nitrogens is 1. The molecule has 1 aliphatic rings. The molecule has 3 aromatic heterocycles. The fraction of sp³-hybridized carbons (Fsp3) is 0.250. The number of benzene rings is 1. The monoisotopic (exact) mass is 413 g/mol. The van der Waals surface area contributed by atoms with Crippen molar-refractivity contribution in [2.45, 2.75) is 25.8 Å². The minimum absolute atomic E-state index is 0.0337. The maximum Gasteiger partial charge on any atom is 0.255 e. The smallest absolute Gasteiger partial charge is 0.255 e. The minimum Gasteiger partial charge on any atom is -0.496 e. The molecule has 1 saturated heterocycles. The van der Waals surface area contributed by atoms with Crippen LogP contribution in [0.4, 0.5) is 0 Å². The maximum absolute atomic E-state index is 13.0. The maximum atomic E-state index is 13.0. The first-order valence-electron chi connectivity index (χ1n) is 10.4. The molecule has 1 aromatic carbocycles. The number of amides is 1. The van der Waals surface area contributed by atoms with E-state index in [9.17, 15) is 4.79 Å². The summed E-state index contributed by atoms with van der Waals surface area (Å²) >= 11 is 0. The number of ether oxygens (including phenoxy) is 1. The highest BCUT2D eigenvalue weighted by Gasteiger charge is 2.26. The van der Waals surface area contributed by atoms with Gasteiger partial charge in [-0.1, -0.05) is 12.1 Å². The van der Waals surface area contributed by atoms with Gasteiger partial charge < -0.3 is 9.64 Å². The largest absolute Gasteiger partial charge is 0.496 e. The molecule has 7 heteroatoms. The summed E-state index contributed by atoms with van der Waals surface area (Å²) in [7, 11) is 1.65. The van der Waals surface area contributed by atoms with E-state index in [1.54, 1.807) is 25.7 Å². The van der Waals surface area contributed by atoms with Crippen molar-refractivity contribution >= 4 is 16.9 Å². The van der Waals surface area contributed by atoms with Crippen molar-refractivity contribution in [2.24, 2.45) is 0 Å². The van der Waals surface area contributed by atoms with Crippen molar-refractivity contribution < 1.29 is 9.53 Å². The molecular formula is C24H23N5O2. The highest BCUT2D eigenvalue weighted by molar-refractivity contribution is 5.97. The normalized spacial score (nSPS) is 16.1. The van der Waals surface area contributed by atoms with Crippen molar-refractivity contribution in [3.63, 3.8) is 0 Å². The third kappa shape index (κ3) is 3.42. The highest BCUT2D eigenvalue weighted by Crippen LogP contribution is 2.34. The lowest BCUT2D eigenvalue weighted by molar-refractivity contribution is 0.0747. The van der Waals surface area contributed by atoms with Crippen molar-refractivity contribution in [2.75, 3.05) is 13.7 Å². The zero-order chi connectivity index (χ0) is 21.4. The first-order valence-corrected chi connectivity index (χ1v) is 10.4. The molecular weight excluding hydrogens is 390 g/mol. The third-order valence-corrected chi connectivity index (χ3v) is 5.92. The summed E-state index contributed by atoms with van der Waals surface area (Å²) in [5.74, 6) is 0.791. The first-order chi connectivity index (χ1) is 15.2. The summed E-state index contributed by atoms with van der Waals surface area (Å²) in [6.07, 6.45) is 7.26. The number of carbonyl (C=O) groups is 1. The SMILES string of the molecule is COc1ccccc1-c1[nH]nc2ncc(-c3cncc(C(=O)N4CCCC4C)c3)cc12. The van der Waals surface area contributed by atoms with Crippen LogP contribution in [-0.2, 0) is 0 Å². The molecule has 0 bridgehead atoms. The average Bonchev–Trinajstić information content (AvgIpc) is 3.44. The predicted octanol–water partition coefficient (Wildman–Crippen LogP) is 4.32. The van der Waals surface area contributed by atoms with Gasteiger partial charge in [-0.2, -0.15) is 5.10 Å². The molecule has 1 amide bonds. The lowest BCUT2D eigenvalue weighted by atomic mass is 10.0. The molecule has 31 heavy (non-hydrogen) atoms. The number of likely N-dealkylation sites (tertiary alicyclic amines) is 1. The van der Waals surface area contributed by atoms with Gasteiger partial charge in [-0.15, -0.1) is 0 Å². The van der Waals surface area contributed by atoms with Gasteiger partial charge in [0.05, 0.1) is 18.4 Å². The van der Waals surface area contributed by atoms with Crippen LogP contribution in [0.25, 0.3) is 33.4 Å². The number of para-hydroxylation sites is 1. The van der Waals surface area contributed by atoms with E-state index in [1.807, 2.05) is 41.3 Å². The molecule has 1 aliphatic heterocycles. The zero-order valence-electron chi connectivity index (χ0n) is 17.5. The summed E-state index contributed by atoms with van der Waals surface area (Å²) in [6, 6.07) is 12.0. The average molecular weight is 413 g/mol. The summed E-state index contributed by atoms with van der Waals surface area (Å²) in [4.78, 5) is 23.7. The number of aromatic nitrogens is 4. The van der Waals surface area contributed by atoms with E-state index >= 15 is 0 Å². The van der Waals surface area contributed by atoms with E-state index in [1.165, 1.54) is 0 Å². The van der Waals surface area contributed by atoms with E-state index in [-0.39, 0.29) is 11.9 Å². The Morgan fingerprint density at radius 1 is 1.16 bits per heavy atom. The number of hydrogen-bond acceptors (Lipinski definition) is 5. The van der Waals surface area contributed by atoms with Crippen LogP contribution in [0.3, 0.4) is 0 Å². The summed E-state index contributed by atoms with van der Waals surface area (Å²) in [5.41, 5.74) is 4.70. The van der Waals surface area contributed by atoms with Crippen LogP contribution < -0.4 is 4.74 Å². The van der Waals surface area contributed by atoms with Crippen LogP contribution in [0.5, 0.6) is 5.75 Å². The second-order valence-electron chi connectivity index (χ2n) is 7.85.